The van der Waals surface area contributed by atoms with E-state index in [0.29, 0.717) is 12.2 Å². The molecule has 0 N–H and O–H groups in total. The van der Waals surface area contributed by atoms with Crippen molar-refractivity contribution in [3.8, 4) is 11.1 Å². The Balaban J connectivity index is 1.73. The van der Waals surface area contributed by atoms with E-state index in [0.717, 1.165) is 18.4 Å². The van der Waals surface area contributed by atoms with E-state index in [2.05, 4.69) is 43.3 Å². The summed E-state index contributed by atoms with van der Waals surface area (Å²) in [4.78, 5) is 12.3. The average molecular weight is 278 g/mol. The molecule has 2 aromatic rings. The first kappa shape index (κ1) is 14.1. The first-order valence-electron chi connectivity index (χ1n) is 8.04. The second kappa shape index (κ2) is 6.26. The van der Waals surface area contributed by atoms with Gasteiger partial charge >= 0.3 is 0 Å². The summed E-state index contributed by atoms with van der Waals surface area (Å²) in [6.45, 7) is 2.19. The third kappa shape index (κ3) is 2.92. The van der Waals surface area contributed by atoms with Crippen molar-refractivity contribution in [3.63, 3.8) is 0 Å². The minimum absolute atomic E-state index is 0.296. The Morgan fingerprint density at radius 1 is 0.952 bits per heavy atom. The van der Waals surface area contributed by atoms with Crippen molar-refractivity contribution >= 4 is 5.78 Å². The third-order valence-corrected chi connectivity index (χ3v) is 4.37. The van der Waals surface area contributed by atoms with Crippen LogP contribution in [-0.2, 0) is 6.42 Å². The molecule has 0 unspecified atom stereocenters. The number of ketones is 1. The van der Waals surface area contributed by atoms with Gasteiger partial charge in [-0.05, 0) is 41.2 Å². The summed E-state index contributed by atoms with van der Waals surface area (Å²) in [7, 11) is 0. The molecular formula is C20H22O. The first-order valence-corrected chi connectivity index (χ1v) is 8.04. The Labute approximate surface area is 127 Å². The zero-order valence-electron chi connectivity index (χ0n) is 12.7. The summed E-state index contributed by atoms with van der Waals surface area (Å²) in [5, 5.41) is 0. The SMILES string of the molecule is CCCCCCC(=O)c1ccc2c(c1)Cc1ccccc1-2. The second-order valence-electron chi connectivity index (χ2n) is 5.94. The average Bonchev–Trinajstić information content (AvgIpc) is 2.89. The molecule has 1 nitrogen and oxygen atoms in total. The smallest absolute Gasteiger partial charge is 0.162 e. The van der Waals surface area contributed by atoms with Gasteiger partial charge in [-0.3, -0.25) is 4.79 Å². The van der Waals surface area contributed by atoms with Gasteiger partial charge in [0.05, 0.1) is 0 Å². The van der Waals surface area contributed by atoms with E-state index >= 15 is 0 Å². The summed E-state index contributed by atoms with van der Waals surface area (Å²) in [5.74, 6) is 0.296. The molecule has 2 aromatic carbocycles. The molecule has 0 amide bonds. The number of carbonyl (C=O) groups excluding carboxylic acids is 1. The minimum atomic E-state index is 0.296. The second-order valence-corrected chi connectivity index (χ2v) is 5.94. The molecule has 1 aliphatic rings. The molecule has 0 atom stereocenters. The van der Waals surface area contributed by atoms with Gasteiger partial charge in [-0.2, -0.15) is 0 Å². The van der Waals surface area contributed by atoms with Gasteiger partial charge in [-0.25, -0.2) is 0 Å². The van der Waals surface area contributed by atoms with Gasteiger partial charge in [0, 0.05) is 12.0 Å². The summed E-state index contributed by atoms with van der Waals surface area (Å²) >= 11 is 0. The molecule has 108 valence electrons. The number of carbonyl (C=O) groups is 1. The van der Waals surface area contributed by atoms with Crippen LogP contribution in [0.5, 0.6) is 0 Å². The fourth-order valence-corrected chi connectivity index (χ4v) is 3.18. The number of Topliss-reactive ketones (excluding diaryl/α,β-unsaturated/α-hetero) is 1. The first-order chi connectivity index (χ1) is 10.3. The van der Waals surface area contributed by atoms with Crippen molar-refractivity contribution in [1.82, 2.24) is 0 Å². The number of fused-ring (bicyclic) bond motifs is 3. The highest BCUT2D eigenvalue weighted by molar-refractivity contribution is 5.97. The third-order valence-electron chi connectivity index (χ3n) is 4.37. The monoisotopic (exact) mass is 278 g/mol. The van der Waals surface area contributed by atoms with Gasteiger partial charge in [-0.1, -0.05) is 62.6 Å². The minimum Gasteiger partial charge on any atom is -0.294 e. The van der Waals surface area contributed by atoms with E-state index in [-0.39, 0.29) is 0 Å². The lowest BCUT2D eigenvalue weighted by Crippen LogP contribution is -2.00. The summed E-state index contributed by atoms with van der Waals surface area (Å²) in [6, 6.07) is 14.8. The van der Waals surface area contributed by atoms with Crippen LogP contribution in [0, 0.1) is 0 Å². The molecule has 0 heterocycles. The van der Waals surface area contributed by atoms with Crippen LogP contribution in [0.2, 0.25) is 0 Å². The largest absolute Gasteiger partial charge is 0.294 e. The number of hydrogen-bond donors (Lipinski definition) is 0. The Morgan fingerprint density at radius 2 is 1.76 bits per heavy atom. The predicted octanol–water partition coefficient (Wildman–Crippen LogP) is 5.41. The van der Waals surface area contributed by atoms with Crippen LogP contribution in [0.1, 0.15) is 60.5 Å². The highest BCUT2D eigenvalue weighted by Crippen LogP contribution is 2.36. The lowest BCUT2D eigenvalue weighted by atomic mass is 9.99. The van der Waals surface area contributed by atoms with Gasteiger partial charge in [0.1, 0.15) is 0 Å². The van der Waals surface area contributed by atoms with E-state index in [1.165, 1.54) is 41.5 Å². The van der Waals surface area contributed by atoms with Crippen molar-refractivity contribution < 1.29 is 4.79 Å². The molecule has 1 heteroatoms. The Kier molecular flexibility index (Phi) is 4.19. The van der Waals surface area contributed by atoms with Crippen molar-refractivity contribution in [2.24, 2.45) is 0 Å². The van der Waals surface area contributed by atoms with E-state index in [4.69, 9.17) is 0 Å². The lowest BCUT2D eigenvalue weighted by Gasteiger charge is -2.05. The summed E-state index contributed by atoms with van der Waals surface area (Å²) < 4.78 is 0. The van der Waals surface area contributed by atoms with Crippen LogP contribution in [0.4, 0.5) is 0 Å². The Bertz CT molecular complexity index is 655. The molecule has 0 aliphatic heterocycles. The van der Waals surface area contributed by atoms with Crippen LogP contribution >= 0.6 is 0 Å². The zero-order valence-corrected chi connectivity index (χ0v) is 12.7. The normalized spacial score (nSPS) is 12.0. The highest BCUT2D eigenvalue weighted by atomic mass is 16.1. The molecule has 0 bridgehead atoms. The maximum atomic E-state index is 12.3. The Morgan fingerprint density at radius 3 is 2.62 bits per heavy atom. The summed E-state index contributed by atoms with van der Waals surface area (Å²) in [5.41, 5.74) is 6.19. The maximum absolute atomic E-state index is 12.3. The van der Waals surface area contributed by atoms with E-state index in [9.17, 15) is 4.79 Å². The quantitative estimate of drug-likeness (QED) is 0.435. The number of unbranched alkanes of at least 4 members (excludes halogenated alkanes) is 3. The topological polar surface area (TPSA) is 17.1 Å². The van der Waals surface area contributed by atoms with Crippen LogP contribution in [0.3, 0.4) is 0 Å². The molecule has 0 saturated carbocycles. The molecule has 0 aromatic heterocycles. The van der Waals surface area contributed by atoms with Crippen LogP contribution in [-0.4, -0.2) is 5.78 Å². The van der Waals surface area contributed by atoms with Crippen molar-refractivity contribution in [2.75, 3.05) is 0 Å². The molecule has 0 saturated heterocycles. The summed E-state index contributed by atoms with van der Waals surface area (Å²) in [6.07, 6.45) is 6.27. The van der Waals surface area contributed by atoms with Gasteiger partial charge in [0.15, 0.2) is 5.78 Å². The molecule has 0 radical (unpaired) electrons. The standard InChI is InChI=1S/C20H22O/c1-2-3-4-5-10-20(21)16-11-12-19-17(14-16)13-15-8-6-7-9-18(15)19/h6-9,11-12,14H,2-5,10,13H2,1H3. The van der Waals surface area contributed by atoms with Crippen molar-refractivity contribution in [1.29, 1.82) is 0 Å². The molecule has 3 rings (SSSR count). The molecule has 21 heavy (non-hydrogen) atoms. The van der Waals surface area contributed by atoms with Gasteiger partial charge in [0.25, 0.3) is 0 Å². The molecule has 0 fully saturated rings. The molecular weight excluding hydrogens is 256 g/mol. The molecule has 1 aliphatic carbocycles. The van der Waals surface area contributed by atoms with Crippen LogP contribution < -0.4 is 0 Å². The van der Waals surface area contributed by atoms with Gasteiger partial charge in [0.2, 0.25) is 0 Å². The Hall–Kier alpha value is -1.89. The fourth-order valence-electron chi connectivity index (χ4n) is 3.18. The fraction of sp³-hybridized carbons (Fsp3) is 0.350. The van der Waals surface area contributed by atoms with Gasteiger partial charge < -0.3 is 0 Å². The van der Waals surface area contributed by atoms with E-state index < -0.39 is 0 Å². The highest BCUT2D eigenvalue weighted by Gasteiger charge is 2.19. The van der Waals surface area contributed by atoms with E-state index in [1.54, 1.807) is 0 Å². The number of rotatable bonds is 6. The predicted molar refractivity (Wildman–Crippen MR) is 87.8 cm³/mol. The number of hydrogen-bond acceptors (Lipinski definition) is 1. The molecule has 0 spiro atoms. The van der Waals surface area contributed by atoms with E-state index in [1.807, 2.05) is 6.07 Å². The van der Waals surface area contributed by atoms with Crippen molar-refractivity contribution in [3.05, 3.63) is 59.2 Å². The van der Waals surface area contributed by atoms with Gasteiger partial charge in [-0.15, -0.1) is 0 Å². The zero-order chi connectivity index (χ0) is 14.7. The van der Waals surface area contributed by atoms with Crippen LogP contribution in [0.15, 0.2) is 42.5 Å². The van der Waals surface area contributed by atoms with Crippen molar-refractivity contribution in [2.45, 2.75) is 45.4 Å². The maximum Gasteiger partial charge on any atom is 0.162 e. The van der Waals surface area contributed by atoms with Crippen LogP contribution in [0.25, 0.3) is 11.1 Å². The number of benzene rings is 2. The lowest BCUT2D eigenvalue weighted by molar-refractivity contribution is 0.0979.